The molecule has 1 fully saturated rings. The molecule has 1 aromatic rings. The van der Waals surface area contributed by atoms with Gasteiger partial charge in [0, 0.05) is 5.69 Å². The lowest BCUT2D eigenvalue weighted by Gasteiger charge is -2.38. The van der Waals surface area contributed by atoms with Gasteiger partial charge in [-0.1, -0.05) is 0 Å². The van der Waals surface area contributed by atoms with Crippen LogP contribution in [-0.2, 0) is 19.6 Å². The monoisotopic (exact) mass is 364 g/mol. The third-order valence-corrected chi connectivity index (χ3v) is 4.26. The second-order valence-electron chi connectivity index (χ2n) is 5.10. The van der Waals surface area contributed by atoms with Crippen molar-refractivity contribution >= 4 is 21.7 Å². The zero-order valence-electron chi connectivity index (χ0n) is 12.0. The number of ether oxygens (including phenoxy) is 2. The van der Waals surface area contributed by atoms with Gasteiger partial charge in [0.1, 0.15) is 29.0 Å². The Morgan fingerprint density at radius 2 is 1.79 bits per heavy atom. The first-order chi connectivity index (χ1) is 11.0. The van der Waals surface area contributed by atoms with Crippen molar-refractivity contribution in [3.8, 4) is 5.75 Å². The molecule has 1 saturated heterocycles. The number of rotatable bonds is 4. The highest BCUT2D eigenvalue weighted by Gasteiger charge is 2.48. The summed E-state index contributed by atoms with van der Waals surface area (Å²) in [6.07, 6.45) is -9.30. The van der Waals surface area contributed by atoms with E-state index in [0.29, 0.717) is 0 Å². The summed E-state index contributed by atoms with van der Waals surface area (Å²) in [4.78, 5) is 10.5. The number of hydrogen-bond donors (Lipinski definition) is 6. The average Bonchev–Trinajstić information content (AvgIpc) is 2.48. The van der Waals surface area contributed by atoms with Gasteiger partial charge in [-0.25, -0.2) is 18.4 Å². The molecule has 0 radical (unpaired) electrons. The molecule has 11 nitrogen and oxygen atoms in total. The molecule has 5 atom stereocenters. The van der Waals surface area contributed by atoms with E-state index in [1.165, 1.54) is 6.07 Å². The summed E-state index contributed by atoms with van der Waals surface area (Å²) >= 11 is 0. The molecule has 0 unspecified atom stereocenters. The van der Waals surface area contributed by atoms with Gasteiger partial charge >= 0.3 is 5.97 Å². The van der Waals surface area contributed by atoms with E-state index in [4.69, 9.17) is 25.5 Å². The average molecular weight is 364 g/mol. The summed E-state index contributed by atoms with van der Waals surface area (Å²) in [5, 5.41) is 43.1. The number of aliphatic hydroxyl groups excluding tert-OH is 3. The minimum atomic E-state index is -4.25. The van der Waals surface area contributed by atoms with Gasteiger partial charge in [-0.2, -0.15) is 0 Å². The number of sulfonamides is 1. The smallest absolute Gasteiger partial charge is 0.335 e. The quantitative estimate of drug-likeness (QED) is 0.302. The molecule has 1 aromatic carbocycles. The Hall–Kier alpha value is -1.96. The number of hydrogen-bond acceptors (Lipinski definition) is 9. The lowest BCUT2D eigenvalue weighted by molar-refractivity contribution is -0.271. The Bertz CT molecular complexity index is 738. The summed E-state index contributed by atoms with van der Waals surface area (Å²) in [5.41, 5.74) is 5.54. The Labute approximate surface area is 136 Å². The molecule has 12 heteroatoms. The fourth-order valence-electron chi connectivity index (χ4n) is 2.12. The second kappa shape index (κ2) is 6.51. The highest BCUT2D eigenvalue weighted by Crippen LogP contribution is 2.30. The fraction of sp³-hybridized carbons (Fsp3) is 0.417. The predicted molar refractivity (Wildman–Crippen MR) is 77.2 cm³/mol. The number of nitrogen functional groups attached to an aromatic ring is 1. The lowest BCUT2D eigenvalue weighted by Crippen LogP contribution is -2.61. The standard InChI is InChI=1S/C12H16N2O9S/c13-4-1-2-5(6(3-4)24(14,20)21)22-12-9(17)7(15)8(16)10(23-12)11(18)19/h1-3,7-10,12,15-17H,13H2,(H,18,19)(H2,14,20,21)/t7-,8-,9+,10-,12+/m0/s1. The van der Waals surface area contributed by atoms with E-state index in [1.807, 2.05) is 0 Å². The first kappa shape index (κ1) is 18.4. The van der Waals surface area contributed by atoms with Gasteiger partial charge in [-0.15, -0.1) is 0 Å². The van der Waals surface area contributed by atoms with E-state index in [2.05, 4.69) is 0 Å². The highest BCUT2D eigenvalue weighted by molar-refractivity contribution is 7.89. The van der Waals surface area contributed by atoms with E-state index in [-0.39, 0.29) is 11.4 Å². The molecular weight excluding hydrogens is 348 g/mol. The van der Waals surface area contributed by atoms with Crippen molar-refractivity contribution in [1.82, 2.24) is 0 Å². The Morgan fingerprint density at radius 1 is 1.17 bits per heavy atom. The van der Waals surface area contributed by atoms with E-state index in [9.17, 15) is 28.5 Å². The highest BCUT2D eigenvalue weighted by atomic mass is 32.2. The van der Waals surface area contributed by atoms with Crippen molar-refractivity contribution in [1.29, 1.82) is 0 Å². The molecule has 1 aliphatic rings. The molecular formula is C12H16N2O9S. The molecule has 1 aliphatic heterocycles. The van der Waals surface area contributed by atoms with Crippen LogP contribution in [0.4, 0.5) is 5.69 Å². The van der Waals surface area contributed by atoms with Crippen molar-refractivity contribution in [3.05, 3.63) is 18.2 Å². The van der Waals surface area contributed by atoms with Gasteiger partial charge in [0.05, 0.1) is 0 Å². The molecule has 0 spiro atoms. The van der Waals surface area contributed by atoms with E-state index in [1.54, 1.807) is 0 Å². The lowest BCUT2D eigenvalue weighted by atomic mass is 9.99. The molecule has 1 heterocycles. The van der Waals surface area contributed by atoms with Crippen molar-refractivity contribution in [2.45, 2.75) is 35.6 Å². The van der Waals surface area contributed by atoms with Crippen LogP contribution in [-0.4, -0.2) is 65.5 Å². The third kappa shape index (κ3) is 3.58. The van der Waals surface area contributed by atoms with Crippen LogP contribution in [0.2, 0.25) is 0 Å². The Balaban J connectivity index is 2.35. The maximum Gasteiger partial charge on any atom is 0.335 e. The molecule has 0 saturated carbocycles. The Morgan fingerprint density at radius 3 is 2.33 bits per heavy atom. The van der Waals surface area contributed by atoms with Crippen LogP contribution in [0.3, 0.4) is 0 Å². The minimum Gasteiger partial charge on any atom is -0.479 e. The molecule has 0 bridgehead atoms. The first-order valence-electron chi connectivity index (χ1n) is 6.54. The molecule has 2 rings (SSSR count). The largest absolute Gasteiger partial charge is 0.479 e. The van der Waals surface area contributed by atoms with Crippen LogP contribution in [0.1, 0.15) is 0 Å². The molecule has 0 aliphatic carbocycles. The van der Waals surface area contributed by atoms with E-state index >= 15 is 0 Å². The molecule has 0 amide bonds. The molecule has 134 valence electrons. The van der Waals surface area contributed by atoms with Crippen LogP contribution in [0.25, 0.3) is 0 Å². The molecule has 24 heavy (non-hydrogen) atoms. The second-order valence-corrected chi connectivity index (χ2v) is 6.63. The number of nitrogens with two attached hydrogens (primary N) is 2. The van der Waals surface area contributed by atoms with Crippen molar-refractivity contribution in [2.24, 2.45) is 5.14 Å². The van der Waals surface area contributed by atoms with Crippen molar-refractivity contribution in [3.63, 3.8) is 0 Å². The molecule has 0 aromatic heterocycles. The number of carboxylic acids is 1. The number of aliphatic carboxylic acids is 1. The number of anilines is 1. The van der Waals surface area contributed by atoms with Gasteiger partial charge in [-0.3, -0.25) is 0 Å². The Kier molecular flexibility index (Phi) is 4.98. The summed E-state index contributed by atoms with van der Waals surface area (Å²) in [7, 11) is -4.25. The van der Waals surface area contributed by atoms with E-state index in [0.717, 1.165) is 12.1 Å². The van der Waals surface area contributed by atoms with Gasteiger partial charge in [0.2, 0.25) is 16.3 Å². The van der Waals surface area contributed by atoms with Crippen molar-refractivity contribution in [2.75, 3.05) is 5.73 Å². The van der Waals surface area contributed by atoms with Gasteiger partial charge in [-0.05, 0) is 18.2 Å². The summed E-state index contributed by atoms with van der Waals surface area (Å²) < 4.78 is 33.2. The molecule has 8 N–H and O–H groups in total. The number of aliphatic hydroxyl groups is 3. The number of benzene rings is 1. The summed E-state index contributed by atoms with van der Waals surface area (Å²) in [6.45, 7) is 0. The van der Waals surface area contributed by atoms with Crippen LogP contribution >= 0.6 is 0 Å². The van der Waals surface area contributed by atoms with Crippen molar-refractivity contribution < 1.29 is 43.1 Å². The van der Waals surface area contributed by atoms with Crippen LogP contribution < -0.4 is 15.6 Å². The van der Waals surface area contributed by atoms with Gasteiger partial charge in [0.15, 0.2) is 6.10 Å². The minimum absolute atomic E-state index is 0.0651. The van der Waals surface area contributed by atoms with Gasteiger partial charge in [0.25, 0.3) is 0 Å². The zero-order chi connectivity index (χ0) is 18.2. The fourth-order valence-corrected chi connectivity index (χ4v) is 2.82. The maximum absolute atomic E-state index is 11.6. The normalized spacial score (nSPS) is 30.8. The number of primary sulfonamides is 1. The van der Waals surface area contributed by atoms with Crippen LogP contribution in [0, 0.1) is 0 Å². The maximum atomic E-state index is 11.6. The topological polar surface area (TPSA) is 203 Å². The number of carboxylic acid groups (broad SMARTS) is 1. The SMILES string of the molecule is Nc1ccc(O[C@@H]2O[C@H](C(=O)O)[C@@H](O)[C@H](O)[C@H]2O)c(S(N)(=O)=O)c1. The van der Waals surface area contributed by atoms with Gasteiger partial charge < -0.3 is 35.6 Å². The number of carbonyl (C=O) groups is 1. The summed E-state index contributed by atoms with van der Waals surface area (Å²) in [5.74, 6) is -1.98. The van der Waals surface area contributed by atoms with E-state index < -0.39 is 51.6 Å². The van der Waals surface area contributed by atoms with Crippen LogP contribution in [0.5, 0.6) is 5.75 Å². The summed E-state index contributed by atoms with van der Waals surface area (Å²) in [6, 6.07) is 3.40. The zero-order valence-corrected chi connectivity index (χ0v) is 12.8. The van der Waals surface area contributed by atoms with Crippen LogP contribution in [0.15, 0.2) is 23.1 Å². The third-order valence-electron chi connectivity index (χ3n) is 3.33. The predicted octanol–water partition coefficient (Wildman–Crippen LogP) is -2.81. The first-order valence-corrected chi connectivity index (χ1v) is 8.08.